The highest BCUT2D eigenvalue weighted by atomic mass is 32.2. The first kappa shape index (κ1) is 20.0. The van der Waals surface area contributed by atoms with Gasteiger partial charge in [0.15, 0.2) is 0 Å². The van der Waals surface area contributed by atoms with E-state index in [-0.39, 0.29) is 11.6 Å². The molecular formula is C20H19F3N4S. The van der Waals surface area contributed by atoms with Crippen molar-refractivity contribution < 1.29 is 13.2 Å². The fourth-order valence-corrected chi connectivity index (χ4v) is 3.38. The minimum Gasteiger partial charge on any atom is -0.384 e. The zero-order valence-corrected chi connectivity index (χ0v) is 16.1. The highest BCUT2D eigenvalue weighted by Crippen LogP contribution is 2.39. The summed E-state index contributed by atoms with van der Waals surface area (Å²) in [6.07, 6.45) is -4.51. The van der Waals surface area contributed by atoms with Crippen LogP contribution in [0.2, 0.25) is 0 Å². The summed E-state index contributed by atoms with van der Waals surface area (Å²) in [6.45, 7) is 3.88. The van der Waals surface area contributed by atoms with Crippen molar-refractivity contribution in [3.63, 3.8) is 0 Å². The van der Waals surface area contributed by atoms with Crippen LogP contribution in [0.15, 0.2) is 59.6 Å². The average Bonchev–Trinajstić information content (AvgIpc) is 2.65. The molecule has 0 radical (unpaired) electrons. The summed E-state index contributed by atoms with van der Waals surface area (Å²) in [6, 6.07) is 14.5. The number of nitrogen functional groups attached to an aromatic ring is 1. The Morgan fingerprint density at radius 1 is 0.964 bits per heavy atom. The van der Waals surface area contributed by atoms with Crippen molar-refractivity contribution in [1.29, 1.82) is 0 Å². The minimum atomic E-state index is -4.51. The van der Waals surface area contributed by atoms with Crippen LogP contribution in [0, 0.1) is 0 Å². The predicted molar refractivity (Wildman–Crippen MR) is 107 cm³/mol. The number of alkyl halides is 3. The quantitative estimate of drug-likeness (QED) is 0.512. The van der Waals surface area contributed by atoms with Crippen LogP contribution in [0.3, 0.4) is 0 Å². The molecule has 0 amide bonds. The maximum Gasteiger partial charge on any atom is 0.418 e. The number of nitrogens with zero attached hydrogens (tertiary/aromatic N) is 2. The summed E-state index contributed by atoms with van der Waals surface area (Å²) >= 11 is 1.13. The van der Waals surface area contributed by atoms with E-state index in [1.54, 1.807) is 30.3 Å². The Morgan fingerprint density at radius 3 is 2.39 bits per heavy atom. The fraction of sp³-hybridized carbons (Fsp3) is 0.200. The van der Waals surface area contributed by atoms with Crippen LogP contribution < -0.4 is 10.5 Å². The maximum absolute atomic E-state index is 13.6. The number of halogens is 3. The number of pyridine rings is 2. The number of anilines is 2. The number of nitrogens with one attached hydrogen (secondary N) is 1. The Kier molecular flexibility index (Phi) is 5.79. The molecule has 0 aliphatic heterocycles. The van der Waals surface area contributed by atoms with Crippen LogP contribution in [0.5, 0.6) is 0 Å². The van der Waals surface area contributed by atoms with Gasteiger partial charge in [0.25, 0.3) is 0 Å². The molecule has 0 unspecified atom stereocenters. The second kappa shape index (κ2) is 8.10. The zero-order chi connectivity index (χ0) is 20.3. The largest absolute Gasteiger partial charge is 0.418 e. The van der Waals surface area contributed by atoms with Crippen LogP contribution in [0.1, 0.15) is 30.9 Å². The van der Waals surface area contributed by atoms with Gasteiger partial charge in [-0.3, -0.25) is 0 Å². The summed E-state index contributed by atoms with van der Waals surface area (Å²) < 4.78 is 43.8. The van der Waals surface area contributed by atoms with Gasteiger partial charge in [0.2, 0.25) is 0 Å². The molecular weight excluding hydrogens is 385 g/mol. The Hall–Kier alpha value is -2.74. The Labute approximate surface area is 165 Å². The summed E-state index contributed by atoms with van der Waals surface area (Å²) in [5.41, 5.74) is 6.07. The molecule has 0 aliphatic rings. The van der Waals surface area contributed by atoms with Gasteiger partial charge in [0.1, 0.15) is 16.7 Å². The van der Waals surface area contributed by atoms with Gasteiger partial charge in [0.05, 0.1) is 11.3 Å². The van der Waals surface area contributed by atoms with E-state index in [1.807, 2.05) is 26.0 Å². The van der Waals surface area contributed by atoms with Crippen LogP contribution >= 0.6 is 11.9 Å². The van der Waals surface area contributed by atoms with Gasteiger partial charge in [-0.25, -0.2) is 9.97 Å². The predicted octanol–water partition coefficient (Wildman–Crippen LogP) is 5.99. The summed E-state index contributed by atoms with van der Waals surface area (Å²) in [4.78, 5) is 8.41. The highest BCUT2D eigenvalue weighted by Gasteiger charge is 2.35. The standard InChI is InChI=1S/C20H19F3N4S/c1-12(2)13-6-3-4-7-14(13)19-15(20(21,22)23)10-11-17(26-19)27-28-18-9-5-8-16(24)25-18/h3-12H,1-2H3,(H2,24,25)(H,26,27). The van der Waals surface area contributed by atoms with Crippen LogP contribution in [0.4, 0.5) is 24.8 Å². The van der Waals surface area contributed by atoms with Gasteiger partial charge in [0, 0.05) is 17.5 Å². The molecule has 0 aliphatic carbocycles. The van der Waals surface area contributed by atoms with Crippen molar-refractivity contribution in [2.45, 2.75) is 31.0 Å². The van der Waals surface area contributed by atoms with Crippen molar-refractivity contribution in [2.24, 2.45) is 0 Å². The van der Waals surface area contributed by atoms with E-state index in [2.05, 4.69) is 14.7 Å². The molecule has 4 nitrogen and oxygen atoms in total. The second-order valence-corrected chi connectivity index (χ2v) is 7.26. The third kappa shape index (κ3) is 4.56. The maximum atomic E-state index is 13.6. The average molecular weight is 404 g/mol. The van der Waals surface area contributed by atoms with E-state index in [0.29, 0.717) is 22.2 Å². The molecule has 3 rings (SSSR count). The molecule has 28 heavy (non-hydrogen) atoms. The first-order valence-corrected chi connectivity index (χ1v) is 9.40. The summed E-state index contributed by atoms with van der Waals surface area (Å²) in [7, 11) is 0. The normalized spacial score (nSPS) is 11.6. The van der Waals surface area contributed by atoms with Crippen molar-refractivity contribution in [3.05, 3.63) is 65.7 Å². The SMILES string of the molecule is CC(C)c1ccccc1-c1nc(NSc2cccc(N)n2)ccc1C(F)(F)F. The lowest BCUT2D eigenvalue weighted by atomic mass is 9.93. The molecule has 3 aromatic rings. The molecule has 2 aromatic heterocycles. The van der Waals surface area contributed by atoms with E-state index in [9.17, 15) is 13.2 Å². The van der Waals surface area contributed by atoms with Crippen LogP contribution in [-0.4, -0.2) is 9.97 Å². The molecule has 3 N–H and O–H groups in total. The minimum absolute atomic E-state index is 0.0570. The van der Waals surface area contributed by atoms with Gasteiger partial charge in [-0.1, -0.05) is 44.2 Å². The Balaban J connectivity index is 2.01. The van der Waals surface area contributed by atoms with E-state index < -0.39 is 11.7 Å². The molecule has 0 saturated heterocycles. The second-order valence-electron chi connectivity index (χ2n) is 6.44. The van der Waals surface area contributed by atoms with Crippen molar-refractivity contribution >= 4 is 23.6 Å². The third-order valence-corrected chi connectivity index (χ3v) is 4.79. The third-order valence-electron chi connectivity index (χ3n) is 4.04. The van der Waals surface area contributed by atoms with Crippen molar-refractivity contribution in [3.8, 4) is 11.3 Å². The van der Waals surface area contributed by atoms with Gasteiger partial charge in [-0.15, -0.1) is 0 Å². The molecule has 8 heteroatoms. The summed E-state index contributed by atoms with van der Waals surface area (Å²) in [5.74, 6) is 0.719. The molecule has 0 bridgehead atoms. The number of hydrogen-bond acceptors (Lipinski definition) is 5. The molecule has 0 saturated carbocycles. The number of aromatic nitrogens is 2. The first-order chi connectivity index (χ1) is 13.3. The van der Waals surface area contributed by atoms with E-state index in [0.717, 1.165) is 23.6 Å². The monoisotopic (exact) mass is 404 g/mol. The van der Waals surface area contributed by atoms with Gasteiger partial charge < -0.3 is 10.5 Å². The number of nitrogens with two attached hydrogens (primary N) is 1. The van der Waals surface area contributed by atoms with Gasteiger partial charge in [-0.2, -0.15) is 13.2 Å². The van der Waals surface area contributed by atoms with Crippen molar-refractivity contribution in [1.82, 2.24) is 9.97 Å². The summed E-state index contributed by atoms with van der Waals surface area (Å²) in [5, 5.41) is 0.589. The molecule has 146 valence electrons. The van der Waals surface area contributed by atoms with Crippen LogP contribution in [-0.2, 0) is 6.18 Å². The number of hydrogen-bond donors (Lipinski definition) is 2. The van der Waals surface area contributed by atoms with E-state index in [4.69, 9.17) is 5.73 Å². The van der Waals surface area contributed by atoms with Gasteiger partial charge >= 0.3 is 6.18 Å². The molecule has 0 atom stereocenters. The van der Waals surface area contributed by atoms with Gasteiger partial charge in [-0.05, 0) is 35.7 Å². The van der Waals surface area contributed by atoms with E-state index >= 15 is 0 Å². The number of benzene rings is 1. The van der Waals surface area contributed by atoms with Crippen LogP contribution in [0.25, 0.3) is 11.3 Å². The van der Waals surface area contributed by atoms with E-state index in [1.165, 1.54) is 6.07 Å². The highest BCUT2D eigenvalue weighted by molar-refractivity contribution is 8.00. The Morgan fingerprint density at radius 2 is 1.71 bits per heavy atom. The smallest absolute Gasteiger partial charge is 0.384 e. The fourth-order valence-electron chi connectivity index (χ4n) is 2.76. The lowest BCUT2D eigenvalue weighted by Crippen LogP contribution is -2.10. The molecule has 2 heterocycles. The zero-order valence-electron chi connectivity index (χ0n) is 15.3. The first-order valence-electron chi connectivity index (χ1n) is 8.58. The lowest BCUT2D eigenvalue weighted by Gasteiger charge is -2.18. The Bertz CT molecular complexity index is 974. The lowest BCUT2D eigenvalue weighted by molar-refractivity contribution is -0.137. The number of rotatable bonds is 5. The van der Waals surface area contributed by atoms with Crippen molar-refractivity contribution in [2.75, 3.05) is 10.5 Å². The molecule has 1 aromatic carbocycles. The molecule has 0 fully saturated rings. The topological polar surface area (TPSA) is 63.8 Å². The molecule has 0 spiro atoms.